The van der Waals surface area contributed by atoms with Gasteiger partial charge in [-0.1, -0.05) is 42.3 Å². The van der Waals surface area contributed by atoms with Crippen LogP contribution in [0, 0.1) is 6.92 Å². The molecule has 1 fully saturated rings. The maximum Gasteiger partial charge on any atom is 0.264 e. The number of hydrogen-bond acceptors (Lipinski definition) is 5. The molecule has 1 aliphatic carbocycles. The Morgan fingerprint density at radius 2 is 1.82 bits per heavy atom. The Hall–Kier alpha value is -3.17. The highest BCUT2D eigenvalue weighted by Crippen LogP contribution is 2.31. The number of nitrogens with zero attached hydrogens (tertiary/aromatic N) is 2. The molecule has 1 saturated heterocycles. The zero-order chi connectivity index (χ0) is 26.7. The molecule has 5 rings (SSSR count). The fourth-order valence-corrected chi connectivity index (χ4v) is 7.14. The molecular weight excluding hydrogens is 500 g/mol. The normalized spacial score (nSPS) is 22.0. The summed E-state index contributed by atoms with van der Waals surface area (Å²) in [6, 6.07) is 11.7. The second-order valence-corrected chi connectivity index (χ2v) is 12.4. The summed E-state index contributed by atoms with van der Waals surface area (Å²) < 4.78 is 27.6. The average molecular weight is 537 g/mol. The molecule has 202 valence electrons. The lowest BCUT2D eigenvalue weighted by Gasteiger charge is -2.32. The van der Waals surface area contributed by atoms with E-state index in [9.17, 15) is 18.0 Å². The van der Waals surface area contributed by atoms with Gasteiger partial charge in [-0.3, -0.25) is 18.8 Å². The van der Waals surface area contributed by atoms with Gasteiger partial charge in [0.25, 0.3) is 10.0 Å². The minimum atomic E-state index is -4.00. The fourth-order valence-electron chi connectivity index (χ4n) is 5.69. The summed E-state index contributed by atoms with van der Waals surface area (Å²) >= 11 is 0. The third-order valence-electron chi connectivity index (χ3n) is 7.74. The van der Waals surface area contributed by atoms with Gasteiger partial charge in [-0.15, -0.1) is 0 Å². The quantitative estimate of drug-likeness (QED) is 0.564. The molecule has 38 heavy (non-hydrogen) atoms. The molecule has 2 atom stereocenters. The van der Waals surface area contributed by atoms with Crippen LogP contribution in [-0.4, -0.2) is 48.6 Å². The highest BCUT2D eigenvalue weighted by molar-refractivity contribution is 7.89. The largest absolute Gasteiger partial charge is 0.349 e. The predicted octanol–water partition coefficient (Wildman–Crippen LogP) is 3.53. The SMILES string of the molecule is Cc1ccc(S(=O)(=O)N2C=CNC(=O)[C@@H]2CC(=O)N[C@@H]2CCCc3cc(CN4CCCCC4)ccc32)cc1. The summed E-state index contributed by atoms with van der Waals surface area (Å²) in [7, 11) is -4.00. The van der Waals surface area contributed by atoms with Crippen molar-refractivity contribution >= 4 is 21.8 Å². The second kappa shape index (κ2) is 11.3. The van der Waals surface area contributed by atoms with Crippen LogP contribution in [0.3, 0.4) is 0 Å². The molecule has 0 saturated carbocycles. The molecule has 2 aliphatic heterocycles. The van der Waals surface area contributed by atoms with Gasteiger partial charge < -0.3 is 10.6 Å². The first-order valence-electron chi connectivity index (χ1n) is 13.5. The van der Waals surface area contributed by atoms with Crippen molar-refractivity contribution in [3.05, 3.63) is 77.1 Å². The van der Waals surface area contributed by atoms with Gasteiger partial charge >= 0.3 is 0 Å². The van der Waals surface area contributed by atoms with Crippen LogP contribution in [0.4, 0.5) is 0 Å². The van der Waals surface area contributed by atoms with Gasteiger partial charge in [0.05, 0.1) is 17.4 Å². The van der Waals surface area contributed by atoms with Crippen LogP contribution < -0.4 is 10.6 Å². The highest BCUT2D eigenvalue weighted by atomic mass is 32.2. The Morgan fingerprint density at radius 3 is 2.58 bits per heavy atom. The number of hydrogen-bond donors (Lipinski definition) is 2. The van der Waals surface area contributed by atoms with Crippen molar-refractivity contribution in [2.24, 2.45) is 0 Å². The Bertz CT molecular complexity index is 1320. The lowest BCUT2D eigenvalue weighted by molar-refractivity contribution is -0.129. The standard InChI is InChI=1S/C29H36N4O4S/c1-21-8-11-24(12-9-21)38(36,37)33-17-14-30-29(35)27(33)19-28(34)31-26-7-5-6-23-18-22(10-13-25(23)26)20-32-15-3-2-4-16-32/h8-14,17-18,26-27H,2-7,15-16,19-20H2,1H3,(H,30,35)(H,31,34)/t26-,27+/m1/s1. The van der Waals surface area contributed by atoms with Crippen LogP contribution in [0.5, 0.6) is 0 Å². The Labute approximate surface area is 225 Å². The molecule has 0 spiro atoms. The lowest BCUT2D eigenvalue weighted by atomic mass is 9.86. The molecule has 9 heteroatoms. The van der Waals surface area contributed by atoms with E-state index in [0.29, 0.717) is 0 Å². The van der Waals surface area contributed by atoms with E-state index in [1.165, 1.54) is 54.9 Å². The van der Waals surface area contributed by atoms with Gasteiger partial charge in [0.2, 0.25) is 11.8 Å². The first kappa shape index (κ1) is 26.4. The fraction of sp³-hybridized carbons (Fsp3) is 0.448. The third kappa shape index (κ3) is 5.78. The molecule has 3 aliphatic rings. The molecule has 0 unspecified atom stereocenters. The predicted molar refractivity (Wildman–Crippen MR) is 145 cm³/mol. The zero-order valence-corrected chi connectivity index (χ0v) is 22.7. The minimum Gasteiger partial charge on any atom is -0.349 e. The smallest absolute Gasteiger partial charge is 0.264 e. The van der Waals surface area contributed by atoms with Crippen molar-refractivity contribution in [2.45, 2.75) is 75.4 Å². The summed E-state index contributed by atoms with van der Waals surface area (Å²) in [4.78, 5) is 28.5. The van der Waals surface area contributed by atoms with E-state index in [2.05, 4.69) is 33.7 Å². The number of carbonyl (C=O) groups excluding carboxylic acids is 2. The molecule has 0 aromatic heterocycles. The van der Waals surface area contributed by atoms with Crippen LogP contribution in [0.15, 0.2) is 59.8 Å². The summed E-state index contributed by atoms with van der Waals surface area (Å²) in [5, 5.41) is 5.64. The molecule has 2 N–H and O–H groups in total. The van der Waals surface area contributed by atoms with Crippen molar-refractivity contribution < 1.29 is 18.0 Å². The first-order valence-corrected chi connectivity index (χ1v) is 15.0. The van der Waals surface area contributed by atoms with E-state index in [1.54, 1.807) is 12.1 Å². The summed E-state index contributed by atoms with van der Waals surface area (Å²) in [5.74, 6) is -0.871. The number of piperidine rings is 1. The average Bonchev–Trinajstić information content (AvgIpc) is 2.90. The third-order valence-corrected chi connectivity index (χ3v) is 9.54. The van der Waals surface area contributed by atoms with Crippen molar-refractivity contribution in [3.63, 3.8) is 0 Å². The number of nitrogens with one attached hydrogen (secondary N) is 2. The van der Waals surface area contributed by atoms with Gasteiger partial charge in [-0.2, -0.15) is 0 Å². The molecular formula is C29H36N4O4S. The van der Waals surface area contributed by atoms with Gasteiger partial charge in [-0.05, 0) is 80.9 Å². The molecule has 0 bridgehead atoms. The van der Waals surface area contributed by atoms with Crippen molar-refractivity contribution in [1.29, 1.82) is 0 Å². The van der Waals surface area contributed by atoms with E-state index in [0.717, 1.165) is 54.3 Å². The number of amides is 2. The van der Waals surface area contributed by atoms with E-state index in [-0.39, 0.29) is 23.3 Å². The van der Waals surface area contributed by atoms with E-state index in [1.807, 2.05) is 6.92 Å². The van der Waals surface area contributed by atoms with Crippen LogP contribution in [0.25, 0.3) is 0 Å². The minimum absolute atomic E-state index is 0.0782. The topological polar surface area (TPSA) is 98.8 Å². The maximum atomic E-state index is 13.3. The van der Waals surface area contributed by atoms with Crippen LogP contribution >= 0.6 is 0 Å². The molecule has 8 nitrogen and oxygen atoms in total. The number of sulfonamides is 1. The highest BCUT2D eigenvalue weighted by Gasteiger charge is 2.37. The molecule has 2 aromatic carbocycles. The number of rotatable bonds is 7. The van der Waals surface area contributed by atoms with Crippen LogP contribution in [0.1, 0.15) is 66.8 Å². The Kier molecular flexibility index (Phi) is 7.85. The van der Waals surface area contributed by atoms with Gasteiger partial charge in [0.15, 0.2) is 0 Å². The second-order valence-electron chi connectivity index (χ2n) is 10.6. The van der Waals surface area contributed by atoms with E-state index >= 15 is 0 Å². The number of aryl methyl sites for hydroxylation is 2. The van der Waals surface area contributed by atoms with Crippen LogP contribution in [-0.2, 0) is 32.6 Å². The summed E-state index contributed by atoms with van der Waals surface area (Å²) in [6.07, 6.45) is 8.94. The molecule has 2 heterocycles. The van der Waals surface area contributed by atoms with Crippen LogP contribution in [0.2, 0.25) is 0 Å². The van der Waals surface area contributed by atoms with Gasteiger partial charge in [0, 0.05) is 18.9 Å². The summed E-state index contributed by atoms with van der Waals surface area (Å²) in [6.45, 7) is 5.13. The van der Waals surface area contributed by atoms with E-state index in [4.69, 9.17) is 0 Å². The lowest BCUT2D eigenvalue weighted by Crippen LogP contribution is -2.51. The molecule has 2 amide bonds. The number of likely N-dealkylation sites (tertiary alicyclic amines) is 1. The van der Waals surface area contributed by atoms with E-state index < -0.39 is 22.0 Å². The summed E-state index contributed by atoms with van der Waals surface area (Å²) in [5.41, 5.74) is 4.61. The maximum absolute atomic E-state index is 13.3. The number of carbonyl (C=O) groups is 2. The number of benzene rings is 2. The molecule has 0 radical (unpaired) electrons. The van der Waals surface area contributed by atoms with Crippen molar-refractivity contribution in [3.8, 4) is 0 Å². The first-order chi connectivity index (χ1) is 18.3. The van der Waals surface area contributed by atoms with Gasteiger partial charge in [-0.25, -0.2) is 8.42 Å². The van der Waals surface area contributed by atoms with Gasteiger partial charge in [0.1, 0.15) is 6.04 Å². The van der Waals surface area contributed by atoms with Crippen molar-refractivity contribution in [2.75, 3.05) is 13.1 Å². The Morgan fingerprint density at radius 1 is 1.05 bits per heavy atom. The Balaban J connectivity index is 1.28. The number of fused-ring (bicyclic) bond motifs is 1. The molecule has 2 aromatic rings. The zero-order valence-electron chi connectivity index (χ0n) is 21.9. The van der Waals surface area contributed by atoms with Crippen molar-refractivity contribution in [1.82, 2.24) is 19.8 Å². The monoisotopic (exact) mass is 536 g/mol.